The number of nitrogens with one attached hydrogen (secondary N) is 1. The van der Waals surface area contributed by atoms with E-state index in [-0.39, 0.29) is 0 Å². The minimum atomic E-state index is 0.362. The van der Waals surface area contributed by atoms with Crippen molar-refractivity contribution >= 4 is 11.3 Å². The molecular formula is C13H23N3S. The zero-order valence-electron chi connectivity index (χ0n) is 11.5. The van der Waals surface area contributed by atoms with Crippen LogP contribution in [-0.4, -0.2) is 16.7 Å². The average molecular weight is 253 g/mol. The fourth-order valence-electron chi connectivity index (χ4n) is 2.64. The molecule has 3 nitrogen and oxygen atoms in total. The molecule has 1 N–H and O–H groups in total. The standard InChI is InChI=1S/C13H23N3S/c1-6-7-14-8-9-15-16-11(17-9)10-12(2,3)13(10,4)5/h10,14H,6-8H2,1-5H3. The van der Waals surface area contributed by atoms with E-state index in [2.05, 4.69) is 50.1 Å². The van der Waals surface area contributed by atoms with Crippen LogP contribution in [0, 0.1) is 10.8 Å². The van der Waals surface area contributed by atoms with Crippen LogP contribution in [-0.2, 0) is 6.54 Å². The summed E-state index contributed by atoms with van der Waals surface area (Å²) in [7, 11) is 0. The van der Waals surface area contributed by atoms with Crippen molar-refractivity contribution in [1.82, 2.24) is 15.5 Å². The Balaban J connectivity index is 2.00. The lowest BCUT2D eigenvalue weighted by atomic mass is 10.0. The fourth-order valence-corrected chi connectivity index (χ4v) is 3.93. The summed E-state index contributed by atoms with van der Waals surface area (Å²) in [4.78, 5) is 0. The van der Waals surface area contributed by atoms with Gasteiger partial charge in [0, 0.05) is 12.5 Å². The van der Waals surface area contributed by atoms with Gasteiger partial charge in [0.25, 0.3) is 0 Å². The second kappa shape index (κ2) is 4.32. The van der Waals surface area contributed by atoms with Crippen LogP contribution in [0.15, 0.2) is 0 Å². The predicted octanol–water partition coefficient (Wildman–Crippen LogP) is 3.19. The molecule has 2 rings (SSSR count). The van der Waals surface area contributed by atoms with Gasteiger partial charge in [-0.1, -0.05) is 46.0 Å². The first-order valence-electron chi connectivity index (χ1n) is 6.44. The first-order chi connectivity index (χ1) is 7.91. The monoisotopic (exact) mass is 253 g/mol. The van der Waals surface area contributed by atoms with Gasteiger partial charge in [0.2, 0.25) is 0 Å². The van der Waals surface area contributed by atoms with E-state index in [9.17, 15) is 0 Å². The molecule has 0 aliphatic heterocycles. The van der Waals surface area contributed by atoms with Crippen molar-refractivity contribution in [1.29, 1.82) is 0 Å². The molecule has 1 aliphatic rings. The number of rotatable bonds is 5. The molecule has 4 heteroatoms. The van der Waals surface area contributed by atoms with Gasteiger partial charge < -0.3 is 5.32 Å². The van der Waals surface area contributed by atoms with E-state index in [0.29, 0.717) is 16.7 Å². The van der Waals surface area contributed by atoms with Crippen LogP contribution in [0.2, 0.25) is 0 Å². The van der Waals surface area contributed by atoms with Gasteiger partial charge in [-0.3, -0.25) is 0 Å². The molecule has 0 aromatic carbocycles. The van der Waals surface area contributed by atoms with Crippen molar-refractivity contribution in [3.63, 3.8) is 0 Å². The third-order valence-electron chi connectivity index (χ3n) is 4.45. The zero-order valence-corrected chi connectivity index (χ0v) is 12.3. The van der Waals surface area contributed by atoms with Gasteiger partial charge >= 0.3 is 0 Å². The normalized spacial score (nSPS) is 21.7. The maximum Gasteiger partial charge on any atom is 0.131 e. The summed E-state index contributed by atoms with van der Waals surface area (Å²) >= 11 is 1.77. The van der Waals surface area contributed by atoms with Gasteiger partial charge in [0.1, 0.15) is 10.0 Å². The number of nitrogens with zero attached hydrogens (tertiary/aromatic N) is 2. The molecule has 1 fully saturated rings. The Hall–Kier alpha value is -0.480. The second-order valence-electron chi connectivity index (χ2n) is 6.09. The molecule has 0 unspecified atom stereocenters. The molecular weight excluding hydrogens is 230 g/mol. The maximum absolute atomic E-state index is 4.38. The van der Waals surface area contributed by atoms with Gasteiger partial charge in [-0.15, -0.1) is 10.2 Å². The van der Waals surface area contributed by atoms with E-state index < -0.39 is 0 Å². The summed E-state index contributed by atoms with van der Waals surface area (Å²) in [6.07, 6.45) is 1.16. The number of aromatic nitrogens is 2. The Labute approximate surface area is 108 Å². The summed E-state index contributed by atoms with van der Waals surface area (Å²) in [6.45, 7) is 13.4. The smallest absolute Gasteiger partial charge is 0.131 e. The fraction of sp³-hybridized carbons (Fsp3) is 0.846. The van der Waals surface area contributed by atoms with E-state index >= 15 is 0 Å². The summed E-state index contributed by atoms with van der Waals surface area (Å²) in [5, 5.41) is 14.4. The van der Waals surface area contributed by atoms with Gasteiger partial charge in [-0.2, -0.15) is 0 Å². The molecule has 17 heavy (non-hydrogen) atoms. The van der Waals surface area contributed by atoms with Crippen molar-refractivity contribution in [3.05, 3.63) is 10.0 Å². The molecule has 1 aromatic heterocycles. The minimum absolute atomic E-state index is 0.362. The highest BCUT2D eigenvalue weighted by molar-refractivity contribution is 7.11. The van der Waals surface area contributed by atoms with Crippen molar-refractivity contribution in [2.24, 2.45) is 10.8 Å². The lowest BCUT2D eigenvalue weighted by Gasteiger charge is -2.03. The highest BCUT2D eigenvalue weighted by Crippen LogP contribution is 2.73. The lowest BCUT2D eigenvalue weighted by Crippen LogP contribution is -2.13. The van der Waals surface area contributed by atoms with Crippen molar-refractivity contribution in [2.75, 3.05) is 6.54 Å². The highest BCUT2D eigenvalue weighted by Gasteiger charge is 2.66. The topological polar surface area (TPSA) is 37.8 Å². The van der Waals surface area contributed by atoms with Crippen LogP contribution in [0.1, 0.15) is 57.0 Å². The van der Waals surface area contributed by atoms with Crippen molar-refractivity contribution in [2.45, 2.75) is 53.5 Å². The van der Waals surface area contributed by atoms with Gasteiger partial charge in [0.15, 0.2) is 0 Å². The van der Waals surface area contributed by atoms with E-state index in [1.54, 1.807) is 11.3 Å². The molecule has 1 saturated carbocycles. The molecule has 96 valence electrons. The predicted molar refractivity (Wildman–Crippen MR) is 72.2 cm³/mol. The Morgan fingerprint density at radius 1 is 1.18 bits per heavy atom. The average Bonchev–Trinajstić information content (AvgIpc) is 2.60. The molecule has 0 atom stereocenters. The van der Waals surface area contributed by atoms with Gasteiger partial charge in [-0.25, -0.2) is 0 Å². The van der Waals surface area contributed by atoms with E-state index in [1.165, 1.54) is 5.01 Å². The van der Waals surface area contributed by atoms with E-state index in [4.69, 9.17) is 0 Å². The minimum Gasteiger partial charge on any atom is -0.310 e. The van der Waals surface area contributed by atoms with Crippen molar-refractivity contribution in [3.8, 4) is 0 Å². The van der Waals surface area contributed by atoms with E-state index in [0.717, 1.165) is 24.5 Å². The van der Waals surface area contributed by atoms with Crippen molar-refractivity contribution < 1.29 is 0 Å². The SMILES string of the molecule is CCCNCc1nnc(C2C(C)(C)C2(C)C)s1. The Morgan fingerprint density at radius 2 is 1.82 bits per heavy atom. The summed E-state index contributed by atoms with van der Waals surface area (Å²) in [5.74, 6) is 0.576. The molecule has 1 aromatic rings. The number of hydrogen-bond donors (Lipinski definition) is 1. The van der Waals surface area contributed by atoms with Gasteiger partial charge in [-0.05, 0) is 23.8 Å². The third-order valence-corrected chi connectivity index (χ3v) is 5.44. The van der Waals surface area contributed by atoms with Gasteiger partial charge in [0.05, 0.1) is 0 Å². The van der Waals surface area contributed by atoms with Crippen LogP contribution in [0.25, 0.3) is 0 Å². The Morgan fingerprint density at radius 3 is 2.35 bits per heavy atom. The van der Waals surface area contributed by atoms with Crippen LogP contribution in [0.5, 0.6) is 0 Å². The summed E-state index contributed by atoms with van der Waals surface area (Å²) in [5.41, 5.74) is 0.724. The quantitative estimate of drug-likeness (QED) is 0.819. The Kier molecular flexibility index (Phi) is 3.29. The molecule has 0 saturated heterocycles. The Bertz CT molecular complexity index is 381. The number of hydrogen-bond acceptors (Lipinski definition) is 4. The van der Waals surface area contributed by atoms with Crippen LogP contribution in [0.3, 0.4) is 0 Å². The maximum atomic E-state index is 4.38. The second-order valence-corrected chi connectivity index (χ2v) is 7.18. The zero-order chi connectivity index (χ0) is 12.7. The third kappa shape index (κ3) is 2.13. The first kappa shape index (κ1) is 13.0. The molecule has 0 bridgehead atoms. The molecule has 0 amide bonds. The molecule has 0 radical (unpaired) electrons. The lowest BCUT2D eigenvalue weighted by molar-refractivity contribution is 0.457. The van der Waals surface area contributed by atoms with E-state index in [1.807, 2.05) is 0 Å². The largest absolute Gasteiger partial charge is 0.310 e. The molecule has 1 aliphatic carbocycles. The van der Waals surface area contributed by atoms with Crippen LogP contribution >= 0.6 is 11.3 Å². The highest BCUT2D eigenvalue weighted by atomic mass is 32.1. The van der Waals surface area contributed by atoms with Crippen LogP contribution in [0.4, 0.5) is 0 Å². The summed E-state index contributed by atoms with van der Waals surface area (Å²) < 4.78 is 0. The summed E-state index contributed by atoms with van der Waals surface area (Å²) in [6, 6.07) is 0. The molecule has 0 spiro atoms. The first-order valence-corrected chi connectivity index (χ1v) is 7.26. The molecule has 1 heterocycles. The van der Waals surface area contributed by atoms with Crippen LogP contribution < -0.4 is 5.32 Å².